The lowest BCUT2D eigenvalue weighted by Gasteiger charge is -2.16. The number of nitrogens with zero attached hydrogens (tertiary/aromatic N) is 2. The average Bonchev–Trinajstić information content (AvgIpc) is 3.52. The summed E-state index contributed by atoms with van der Waals surface area (Å²) in [4.78, 5) is 16.4. The van der Waals surface area contributed by atoms with Gasteiger partial charge in [0.15, 0.2) is 0 Å². The summed E-state index contributed by atoms with van der Waals surface area (Å²) < 4.78 is 0. The van der Waals surface area contributed by atoms with Gasteiger partial charge >= 0.3 is 0 Å². The third-order valence-electron chi connectivity index (χ3n) is 9.26. The van der Waals surface area contributed by atoms with Crippen molar-refractivity contribution in [3.8, 4) is 33.6 Å². The summed E-state index contributed by atoms with van der Waals surface area (Å²) in [6.45, 7) is 12.9. The number of rotatable bonds is 10. The molecule has 0 bridgehead atoms. The molecule has 1 saturated carbocycles. The first-order chi connectivity index (χ1) is 18.9. The molecule has 2 unspecified atom stereocenters. The molecule has 6 heteroatoms. The molecule has 6 rings (SSSR count). The molecule has 2 aliphatic carbocycles. The van der Waals surface area contributed by atoms with Gasteiger partial charge in [-0.15, -0.1) is 0 Å². The zero-order valence-electron chi connectivity index (χ0n) is 23.9. The molecule has 2 aromatic carbocycles. The highest BCUT2D eigenvalue weighted by molar-refractivity contribution is 5.78. The predicted octanol–water partition coefficient (Wildman–Crippen LogP) is 6.50. The van der Waals surface area contributed by atoms with Crippen LogP contribution in [0.2, 0.25) is 0 Å². The van der Waals surface area contributed by atoms with Gasteiger partial charge in [-0.25, -0.2) is 9.97 Å². The number of H-pyrrole nitrogens is 2. The summed E-state index contributed by atoms with van der Waals surface area (Å²) in [5.74, 6) is 4.13. The molecule has 0 radical (unpaired) electrons. The van der Waals surface area contributed by atoms with Crippen molar-refractivity contribution in [3.05, 3.63) is 71.6 Å². The fourth-order valence-electron chi connectivity index (χ4n) is 5.99. The smallest absolute Gasteiger partial charge is 0.120 e. The van der Waals surface area contributed by atoms with Gasteiger partial charge in [0, 0.05) is 17.6 Å². The molecule has 39 heavy (non-hydrogen) atoms. The van der Waals surface area contributed by atoms with Gasteiger partial charge in [-0.3, -0.25) is 0 Å². The number of benzene rings is 2. The maximum absolute atomic E-state index is 4.67. The van der Waals surface area contributed by atoms with Gasteiger partial charge in [0.1, 0.15) is 11.6 Å². The Balaban J connectivity index is 1.17. The van der Waals surface area contributed by atoms with E-state index in [1.54, 1.807) is 0 Å². The van der Waals surface area contributed by atoms with E-state index in [9.17, 15) is 0 Å². The fourth-order valence-corrected chi connectivity index (χ4v) is 5.99. The van der Waals surface area contributed by atoms with E-state index in [4.69, 9.17) is 0 Å². The molecule has 4 aromatic rings. The van der Waals surface area contributed by atoms with Gasteiger partial charge in [-0.2, -0.15) is 0 Å². The molecule has 0 saturated heterocycles. The Labute approximate surface area is 232 Å². The molecule has 4 atom stereocenters. The van der Waals surface area contributed by atoms with Crippen LogP contribution in [0.5, 0.6) is 0 Å². The quantitative estimate of drug-likeness (QED) is 0.192. The molecule has 1 fully saturated rings. The first kappa shape index (κ1) is 26.0. The molecular weight excluding hydrogens is 480 g/mol. The van der Waals surface area contributed by atoms with Crippen LogP contribution in [0.3, 0.4) is 0 Å². The van der Waals surface area contributed by atoms with Crippen molar-refractivity contribution in [2.45, 2.75) is 79.1 Å². The average molecular weight is 523 g/mol. The van der Waals surface area contributed by atoms with E-state index in [0.717, 1.165) is 60.8 Å². The van der Waals surface area contributed by atoms with Gasteiger partial charge in [0.25, 0.3) is 0 Å². The Morgan fingerprint density at radius 1 is 0.769 bits per heavy atom. The normalized spacial score (nSPS) is 20.9. The number of hydrogen-bond donors (Lipinski definition) is 4. The minimum atomic E-state index is 0.459. The van der Waals surface area contributed by atoms with Crippen LogP contribution < -0.4 is 10.6 Å². The SMILES string of the molecule is CC1C(NCc2ncc(-c3ccc(-c4ccc(-c5cnc(CN[C@H](C)C(C)C)[nH]5)c5c4CCC5)cc3)[nH]2)[C@@H]1C. The van der Waals surface area contributed by atoms with Crippen molar-refractivity contribution in [1.82, 2.24) is 30.6 Å². The predicted molar refractivity (Wildman–Crippen MR) is 159 cm³/mol. The van der Waals surface area contributed by atoms with E-state index in [2.05, 4.69) is 102 Å². The third-order valence-corrected chi connectivity index (χ3v) is 9.26. The zero-order chi connectivity index (χ0) is 27.1. The highest BCUT2D eigenvalue weighted by Crippen LogP contribution is 2.39. The largest absolute Gasteiger partial charge is 0.341 e. The Morgan fingerprint density at radius 3 is 2.05 bits per heavy atom. The van der Waals surface area contributed by atoms with Crippen LogP contribution in [0, 0.1) is 17.8 Å². The van der Waals surface area contributed by atoms with Crippen LogP contribution in [0.15, 0.2) is 48.8 Å². The molecule has 2 heterocycles. The van der Waals surface area contributed by atoms with E-state index in [1.807, 2.05) is 12.4 Å². The number of nitrogens with one attached hydrogen (secondary N) is 4. The van der Waals surface area contributed by atoms with Crippen LogP contribution >= 0.6 is 0 Å². The van der Waals surface area contributed by atoms with Crippen molar-refractivity contribution >= 4 is 0 Å². The molecule has 4 N–H and O–H groups in total. The Hall–Kier alpha value is -3.22. The van der Waals surface area contributed by atoms with Gasteiger partial charge in [0.2, 0.25) is 0 Å². The zero-order valence-corrected chi connectivity index (χ0v) is 23.9. The van der Waals surface area contributed by atoms with Gasteiger partial charge in [-0.05, 0) is 71.8 Å². The summed E-state index contributed by atoms with van der Waals surface area (Å²) >= 11 is 0. The number of aromatic nitrogens is 4. The van der Waals surface area contributed by atoms with Crippen LogP contribution in [-0.2, 0) is 25.9 Å². The van der Waals surface area contributed by atoms with E-state index >= 15 is 0 Å². The van der Waals surface area contributed by atoms with Crippen molar-refractivity contribution < 1.29 is 0 Å². The fraction of sp³-hybridized carbons (Fsp3) is 0.455. The standard InChI is InChI=1S/C33H42N6/c1-19(2)22(5)34-17-31-36-16-30(39-31)28-14-13-25(26-7-6-8-27(26)28)23-9-11-24(12-10-23)29-15-35-32(38-29)18-37-33-20(3)21(33)4/h9-16,19-22,33-34,37H,6-8,17-18H2,1-5H3,(H,35,38)(H,36,39)/t20-,21?,22-,33?/m1/s1. The lowest BCUT2D eigenvalue weighted by Crippen LogP contribution is -2.30. The molecule has 0 amide bonds. The van der Waals surface area contributed by atoms with Crippen molar-refractivity contribution in [3.63, 3.8) is 0 Å². The molecule has 204 valence electrons. The molecule has 2 aliphatic rings. The van der Waals surface area contributed by atoms with Gasteiger partial charge < -0.3 is 20.6 Å². The molecule has 2 aromatic heterocycles. The first-order valence-corrected chi connectivity index (χ1v) is 14.7. The van der Waals surface area contributed by atoms with Gasteiger partial charge in [0.05, 0.1) is 36.9 Å². The summed E-state index contributed by atoms with van der Waals surface area (Å²) in [6, 6.07) is 14.6. The van der Waals surface area contributed by atoms with Crippen LogP contribution in [0.1, 0.15) is 63.8 Å². The summed E-state index contributed by atoms with van der Waals surface area (Å²) in [5, 5.41) is 7.20. The van der Waals surface area contributed by atoms with Crippen molar-refractivity contribution in [1.29, 1.82) is 0 Å². The maximum Gasteiger partial charge on any atom is 0.120 e. The van der Waals surface area contributed by atoms with Crippen molar-refractivity contribution in [2.75, 3.05) is 0 Å². The van der Waals surface area contributed by atoms with Gasteiger partial charge in [-0.1, -0.05) is 64.1 Å². The lowest BCUT2D eigenvalue weighted by atomic mass is 9.92. The van der Waals surface area contributed by atoms with E-state index < -0.39 is 0 Å². The number of hydrogen-bond acceptors (Lipinski definition) is 4. The minimum absolute atomic E-state index is 0.459. The highest BCUT2D eigenvalue weighted by Gasteiger charge is 2.42. The van der Waals surface area contributed by atoms with E-state index in [1.165, 1.54) is 39.8 Å². The van der Waals surface area contributed by atoms with Crippen molar-refractivity contribution in [2.24, 2.45) is 17.8 Å². The maximum atomic E-state index is 4.67. The van der Waals surface area contributed by atoms with Crippen LogP contribution in [0.4, 0.5) is 0 Å². The molecule has 6 nitrogen and oxygen atoms in total. The van der Waals surface area contributed by atoms with E-state index in [-0.39, 0.29) is 0 Å². The Kier molecular flexibility index (Phi) is 7.17. The van der Waals surface area contributed by atoms with E-state index in [0.29, 0.717) is 18.0 Å². The number of fused-ring (bicyclic) bond motifs is 1. The second-order valence-corrected chi connectivity index (χ2v) is 12.1. The summed E-state index contributed by atoms with van der Waals surface area (Å²) in [7, 11) is 0. The summed E-state index contributed by atoms with van der Waals surface area (Å²) in [5.41, 5.74) is 10.3. The molecule has 0 spiro atoms. The Morgan fingerprint density at radius 2 is 1.36 bits per heavy atom. The minimum Gasteiger partial charge on any atom is -0.341 e. The molecule has 0 aliphatic heterocycles. The van der Waals surface area contributed by atoms with Crippen LogP contribution in [0.25, 0.3) is 33.6 Å². The monoisotopic (exact) mass is 522 g/mol. The lowest BCUT2D eigenvalue weighted by molar-refractivity contribution is 0.422. The number of imidazole rings is 2. The third kappa shape index (κ3) is 5.32. The second kappa shape index (κ2) is 10.7. The topological polar surface area (TPSA) is 81.4 Å². The first-order valence-electron chi connectivity index (χ1n) is 14.7. The Bertz CT molecular complexity index is 1420. The summed E-state index contributed by atoms with van der Waals surface area (Å²) in [6.07, 6.45) is 7.41. The molecular formula is C33H42N6. The number of aromatic amines is 2. The second-order valence-electron chi connectivity index (χ2n) is 12.1. The van der Waals surface area contributed by atoms with Crippen LogP contribution in [-0.4, -0.2) is 32.0 Å². The highest BCUT2D eigenvalue weighted by atomic mass is 15.0.